The summed E-state index contributed by atoms with van der Waals surface area (Å²) in [6, 6.07) is 5.39. The van der Waals surface area contributed by atoms with Gasteiger partial charge >= 0.3 is 0 Å². The molecule has 3 nitrogen and oxygen atoms in total. The first-order valence-corrected chi connectivity index (χ1v) is 5.19. The predicted octanol–water partition coefficient (Wildman–Crippen LogP) is 2.18. The van der Waals surface area contributed by atoms with E-state index in [4.69, 9.17) is 17.3 Å². The van der Waals surface area contributed by atoms with Crippen LogP contribution in [0.4, 0.5) is 5.69 Å². The smallest absolute Gasteiger partial charge is 0.228 e. The van der Waals surface area contributed by atoms with Crippen LogP contribution in [0.5, 0.6) is 0 Å². The standard InChI is InChI=1S/C11H15ClN2O/c1-7-3-4-9(12)5-10(7)14-11(15)8(2)6-13/h3-5,8H,6,13H2,1-2H3,(H,14,15). The van der Waals surface area contributed by atoms with Gasteiger partial charge in [0.15, 0.2) is 0 Å². The van der Waals surface area contributed by atoms with E-state index in [-0.39, 0.29) is 11.8 Å². The predicted molar refractivity (Wildman–Crippen MR) is 63.0 cm³/mol. The number of carbonyl (C=O) groups excluding carboxylic acids is 1. The summed E-state index contributed by atoms with van der Waals surface area (Å²) >= 11 is 5.84. The molecule has 15 heavy (non-hydrogen) atoms. The molecule has 1 rings (SSSR count). The van der Waals surface area contributed by atoms with Gasteiger partial charge in [-0.2, -0.15) is 0 Å². The number of nitrogens with two attached hydrogens (primary N) is 1. The number of hydrogen-bond donors (Lipinski definition) is 2. The molecule has 1 unspecified atom stereocenters. The minimum absolute atomic E-state index is 0.0807. The van der Waals surface area contributed by atoms with Crippen LogP contribution in [0.1, 0.15) is 12.5 Å². The Balaban J connectivity index is 2.80. The zero-order valence-electron chi connectivity index (χ0n) is 8.88. The lowest BCUT2D eigenvalue weighted by molar-refractivity contribution is -0.119. The maximum absolute atomic E-state index is 11.6. The largest absolute Gasteiger partial charge is 0.330 e. The summed E-state index contributed by atoms with van der Waals surface area (Å²) < 4.78 is 0. The van der Waals surface area contributed by atoms with E-state index in [1.54, 1.807) is 19.1 Å². The molecular formula is C11H15ClN2O. The van der Waals surface area contributed by atoms with Gasteiger partial charge in [0.25, 0.3) is 0 Å². The van der Waals surface area contributed by atoms with Gasteiger partial charge in [0, 0.05) is 23.2 Å². The highest BCUT2D eigenvalue weighted by Crippen LogP contribution is 2.20. The van der Waals surface area contributed by atoms with E-state index >= 15 is 0 Å². The van der Waals surface area contributed by atoms with E-state index in [0.717, 1.165) is 11.3 Å². The van der Waals surface area contributed by atoms with Crippen LogP contribution in [0.2, 0.25) is 5.02 Å². The second kappa shape index (κ2) is 5.14. The summed E-state index contributed by atoms with van der Waals surface area (Å²) in [5.41, 5.74) is 7.13. The van der Waals surface area contributed by atoms with Crippen LogP contribution >= 0.6 is 11.6 Å². The molecule has 0 aliphatic heterocycles. The SMILES string of the molecule is Cc1ccc(Cl)cc1NC(=O)C(C)CN. The maximum atomic E-state index is 11.6. The van der Waals surface area contributed by atoms with Crippen LogP contribution in [0.3, 0.4) is 0 Å². The van der Waals surface area contributed by atoms with Gasteiger partial charge in [-0.1, -0.05) is 24.6 Å². The highest BCUT2D eigenvalue weighted by Gasteiger charge is 2.11. The zero-order valence-corrected chi connectivity index (χ0v) is 9.64. The summed E-state index contributed by atoms with van der Waals surface area (Å²) in [4.78, 5) is 11.6. The third-order valence-electron chi connectivity index (χ3n) is 2.26. The fourth-order valence-corrected chi connectivity index (χ4v) is 1.26. The van der Waals surface area contributed by atoms with Gasteiger partial charge in [-0.15, -0.1) is 0 Å². The van der Waals surface area contributed by atoms with Crippen molar-refractivity contribution in [2.75, 3.05) is 11.9 Å². The number of aryl methyl sites for hydroxylation is 1. The summed E-state index contributed by atoms with van der Waals surface area (Å²) in [5, 5.41) is 3.41. The van der Waals surface area contributed by atoms with Crippen LogP contribution < -0.4 is 11.1 Å². The number of hydrogen-bond acceptors (Lipinski definition) is 2. The molecule has 0 aromatic heterocycles. The number of benzene rings is 1. The highest BCUT2D eigenvalue weighted by molar-refractivity contribution is 6.31. The Hall–Kier alpha value is -1.06. The first-order valence-electron chi connectivity index (χ1n) is 4.81. The third-order valence-corrected chi connectivity index (χ3v) is 2.49. The van der Waals surface area contributed by atoms with Crippen molar-refractivity contribution in [2.45, 2.75) is 13.8 Å². The maximum Gasteiger partial charge on any atom is 0.228 e. The summed E-state index contributed by atoms with van der Waals surface area (Å²) in [6.45, 7) is 4.04. The van der Waals surface area contributed by atoms with E-state index < -0.39 is 0 Å². The van der Waals surface area contributed by atoms with E-state index in [0.29, 0.717) is 11.6 Å². The molecule has 1 aromatic rings. The monoisotopic (exact) mass is 226 g/mol. The number of halogens is 1. The lowest BCUT2D eigenvalue weighted by Crippen LogP contribution is -2.26. The molecule has 0 aliphatic rings. The van der Waals surface area contributed by atoms with Crippen molar-refractivity contribution in [3.8, 4) is 0 Å². The van der Waals surface area contributed by atoms with Gasteiger partial charge < -0.3 is 11.1 Å². The third kappa shape index (κ3) is 3.22. The van der Waals surface area contributed by atoms with Crippen LogP contribution in [0, 0.1) is 12.8 Å². The average molecular weight is 227 g/mol. The van der Waals surface area contributed by atoms with E-state index in [1.807, 2.05) is 13.0 Å². The number of carbonyl (C=O) groups is 1. The summed E-state index contributed by atoms with van der Waals surface area (Å²) in [5.74, 6) is -0.272. The van der Waals surface area contributed by atoms with E-state index in [1.165, 1.54) is 0 Å². The van der Waals surface area contributed by atoms with Gasteiger partial charge in [-0.25, -0.2) is 0 Å². The first kappa shape index (κ1) is 12.0. The molecule has 0 fully saturated rings. The Morgan fingerprint density at radius 3 is 2.87 bits per heavy atom. The molecule has 1 atom stereocenters. The minimum atomic E-state index is -0.191. The van der Waals surface area contributed by atoms with Crippen molar-refractivity contribution in [2.24, 2.45) is 11.7 Å². The summed E-state index contributed by atoms with van der Waals surface area (Å²) in [6.07, 6.45) is 0. The van der Waals surface area contributed by atoms with Crippen LogP contribution in [-0.4, -0.2) is 12.5 Å². The highest BCUT2D eigenvalue weighted by atomic mass is 35.5. The molecule has 0 heterocycles. The van der Waals surface area contributed by atoms with Crippen LogP contribution in [0.25, 0.3) is 0 Å². The Kier molecular flexibility index (Phi) is 4.12. The van der Waals surface area contributed by atoms with Gasteiger partial charge in [-0.3, -0.25) is 4.79 Å². The second-order valence-electron chi connectivity index (χ2n) is 3.59. The zero-order chi connectivity index (χ0) is 11.4. The van der Waals surface area contributed by atoms with Crippen LogP contribution in [-0.2, 0) is 4.79 Å². The lowest BCUT2D eigenvalue weighted by atomic mass is 10.1. The summed E-state index contributed by atoms with van der Waals surface area (Å²) in [7, 11) is 0. The minimum Gasteiger partial charge on any atom is -0.330 e. The molecule has 0 aliphatic carbocycles. The molecular weight excluding hydrogens is 212 g/mol. The molecule has 3 N–H and O–H groups in total. The molecule has 0 bridgehead atoms. The van der Waals surface area contributed by atoms with Gasteiger partial charge in [0.05, 0.1) is 0 Å². The molecule has 0 saturated heterocycles. The van der Waals surface area contributed by atoms with Gasteiger partial charge in [0.1, 0.15) is 0 Å². The quantitative estimate of drug-likeness (QED) is 0.830. The van der Waals surface area contributed by atoms with Crippen molar-refractivity contribution in [1.82, 2.24) is 0 Å². The number of amides is 1. The fourth-order valence-electron chi connectivity index (χ4n) is 1.09. The van der Waals surface area contributed by atoms with E-state index in [9.17, 15) is 4.79 Å². The molecule has 4 heteroatoms. The molecule has 1 amide bonds. The Morgan fingerprint density at radius 1 is 1.60 bits per heavy atom. The fraction of sp³-hybridized carbons (Fsp3) is 0.364. The average Bonchev–Trinajstić information content (AvgIpc) is 2.22. The van der Waals surface area contributed by atoms with Crippen LogP contribution in [0.15, 0.2) is 18.2 Å². The molecule has 1 aromatic carbocycles. The first-order chi connectivity index (χ1) is 7.04. The molecule has 0 spiro atoms. The van der Waals surface area contributed by atoms with Crippen molar-refractivity contribution in [3.05, 3.63) is 28.8 Å². The molecule has 82 valence electrons. The Bertz CT molecular complexity index is 366. The van der Waals surface area contributed by atoms with Gasteiger partial charge in [0.2, 0.25) is 5.91 Å². The molecule has 0 saturated carbocycles. The Morgan fingerprint density at radius 2 is 2.27 bits per heavy atom. The number of anilines is 1. The van der Waals surface area contributed by atoms with Crippen molar-refractivity contribution in [1.29, 1.82) is 0 Å². The number of rotatable bonds is 3. The van der Waals surface area contributed by atoms with Crippen molar-refractivity contribution in [3.63, 3.8) is 0 Å². The van der Waals surface area contributed by atoms with Crippen molar-refractivity contribution < 1.29 is 4.79 Å². The van der Waals surface area contributed by atoms with E-state index in [2.05, 4.69) is 5.32 Å². The van der Waals surface area contributed by atoms with Gasteiger partial charge in [-0.05, 0) is 24.6 Å². The van der Waals surface area contributed by atoms with Crippen molar-refractivity contribution >= 4 is 23.2 Å². The molecule has 0 radical (unpaired) electrons. The topological polar surface area (TPSA) is 55.1 Å². The second-order valence-corrected chi connectivity index (χ2v) is 4.02. The number of nitrogens with one attached hydrogen (secondary N) is 1. The normalized spacial score (nSPS) is 12.3. The Labute approximate surface area is 94.6 Å². The lowest BCUT2D eigenvalue weighted by Gasteiger charge is -2.12.